The SMILES string of the molecule is CC1(C)CC2CC(C)(C1)N2P1(=O)C=C(c2ccccc2)OC(c2ccccc2)=C1. The molecule has 2 atom stereocenters. The van der Waals surface area contributed by atoms with Crippen LogP contribution in [0.5, 0.6) is 0 Å². The zero-order chi connectivity index (χ0) is 20.3. The van der Waals surface area contributed by atoms with Gasteiger partial charge in [-0.05, 0) is 31.6 Å². The first-order valence-corrected chi connectivity index (χ1v) is 12.2. The minimum Gasteiger partial charge on any atom is -0.456 e. The van der Waals surface area contributed by atoms with Gasteiger partial charge in [0, 0.05) is 34.3 Å². The Morgan fingerprint density at radius 1 is 0.862 bits per heavy atom. The van der Waals surface area contributed by atoms with Gasteiger partial charge in [-0.15, -0.1) is 0 Å². The van der Waals surface area contributed by atoms with Crippen LogP contribution in [0, 0.1) is 5.41 Å². The summed E-state index contributed by atoms with van der Waals surface area (Å²) in [6.45, 7) is 6.96. The normalized spacial score (nSPS) is 29.8. The number of ether oxygens (including phenoxy) is 1. The lowest BCUT2D eigenvalue weighted by Gasteiger charge is -2.66. The predicted octanol–water partition coefficient (Wildman–Crippen LogP) is 6.94. The molecule has 0 amide bonds. The summed E-state index contributed by atoms with van der Waals surface area (Å²) < 4.78 is 23.1. The molecule has 0 radical (unpaired) electrons. The first kappa shape index (κ1) is 18.9. The molecule has 3 aliphatic heterocycles. The number of nitrogens with zero attached hydrogens (tertiary/aromatic N) is 1. The van der Waals surface area contributed by atoms with Gasteiger partial charge in [-0.1, -0.05) is 74.5 Å². The molecular formula is C25H28NO2P. The highest BCUT2D eigenvalue weighted by atomic mass is 31.2. The summed E-state index contributed by atoms with van der Waals surface area (Å²) in [7, 11) is -2.88. The summed E-state index contributed by atoms with van der Waals surface area (Å²) in [5, 5.41) is 0. The third kappa shape index (κ3) is 3.21. The highest BCUT2D eigenvalue weighted by Crippen LogP contribution is 2.71. The smallest absolute Gasteiger partial charge is 0.201 e. The molecule has 2 unspecified atom stereocenters. The van der Waals surface area contributed by atoms with E-state index >= 15 is 0 Å². The lowest BCUT2D eigenvalue weighted by atomic mass is 9.61. The molecule has 2 saturated heterocycles. The van der Waals surface area contributed by atoms with E-state index < -0.39 is 7.29 Å². The van der Waals surface area contributed by atoms with Crippen molar-refractivity contribution in [3.63, 3.8) is 0 Å². The van der Waals surface area contributed by atoms with Crippen molar-refractivity contribution in [2.75, 3.05) is 0 Å². The van der Waals surface area contributed by atoms with Gasteiger partial charge in [-0.25, -0.2) is 4.67 Å². The van der Waals surface area contributed by atoms with E-state index in [1.54, 1.807) is 0 Å². The molecule has 0 aromatic heterocycles. The number of hydrogen-bond acceptors (Lipinski definition) is 2. The summed E-state index contributed by atoms with van der Waals surface area (Å²) in [4.78, 5) is 0. The number of piperidine rings is 1. The minimum absolute atomic E-state index is 0.0180. The Bertz CT molecular complexity index is 982. The van der Waals surface area contributed by atoms with E-state index in [0.29, 0.717) is 23.0 Å². The Balaban J connectivity index is 1.61. The van der Waals surface area contributed by atoms with Gasteiger partial charge in [0.15, 0.2) is 0 Å². The second-order valence-electron chi connectivity index (χ2n) is 9.74. The van der Waals surface area contributed by atoms with Crippen molar-refractivity contribution in [3.05, 3.63) is 83.4 Å². The number of hydrogen-bond donors (Lipinski definition) is 0. The standard InChI is InChI=1S/C25H28NO2P/c1-24(2)14-21-15-25(3,18-24)26(21)29(27)16-22(19-10-6-4-7-11-19)28-23(17-29)20-12-8-5-9-13-20/h4-13,16-17,21H,14-15,18H2,1-3H3. The molecule has 6 rings (SSSR count). The number of rotatable bonds is 3. The van der Waals surface area contributed by atoms with Gasteiger partial charge >= 0.3 is 0 Å². The Morgan fingerprint density at radius 3 is 1.86 bits per heavy atom. The molecule has 29 heavy (non-hydrogen) atoms. The summed E-state index contributed by atoms with van der Waals surface area (Å²) in [6.07, 6.45) is 3.30. The highest BCUT2D eigenvalue weighted by molar-refractivity contribution is 7.68. The fraction of sp³-hybridized carbons (Fsp3) is 0.360. The molecule has 2 aromatic rings. The number of fused-ring (bicyclic) bond motifs is 2. The summed E-state index contributed by atoms with van der Waals surface area (Å²) in [6, 6.07) is 20.4. The van der Waals surface area contributed by atoms with E-state index in [0.717, 1.165) is 30.4 Å². The summed E-state index contributed by atoms with van der Waals surface area (Å²) >= 11 is 0. The predicted molar refractivity (Wildman–Crippen MR) is 119 cm³/mol. The second kappa shape index (κ2) is 6.45. The molecule has 2 aromatic carbocycles. The van der Waals surface area contributed by atoms with Crippen LogP contribution in [0.1, 0.15) is 51.2 Å². The molecular weight excluding hydrogens is 377 g/mol. The molecule has 3 heterocycles. The summed E-state index contributed by atoms with van der Waals surface area (Å²) in [5.74, 6) is 5.20. The van der Waals surface area contributed by atoms with Crippen LogP contribution in [0.3, 0.4) is 0 Å². The van der Waals surface area contributed by atoms with Crippen molar-refractivity contribution in [1.29, 1.82) is 0 Å². The van der Waals surface area contributed by atoms with Crippen molar-refractivity contribution < 1.29 is 9.30 Å². The van der Waals surface area contributed by atoms with E-state index in [-0.39, 0.29) is 5.54 Å². The van der Waals surface area contributed by atoms with Gasteiger partial charge < -0.3 is 4.74 Å². The van der Waals surface area contributed by atoms with Gasteiger partial charge in [0.25, 0.3) is 0 Å². The van der Waals surface area contributed by atoms with Crippen LogP contribution in [-0.4, -0.2) is 16.3 Å². The molecule has 4 heteroatoms. The molecule has 3 fully saturated rings. The van der Waals surface area contributed by atoms with Gasteiger partial charge in [0.2, 0.25) is 7.29 Å². The van der Waals surface area contributed by atoms with Crippen LogP contribution in [0.25, 0.3) is 11.5 Å². The van der Waals surface area contributed by atoms with E-state index in [1.165, 1.54) is 0 Å². The van der Waals surface area contributed by atoms with Gasteiger partial charge in [0.05, 0.1) is 0 Å². The van der Waals surface area contributed by atoms with E-state index in [2.05, 4.69) is 25.4 Å². The van der Waals surface area contributed by atoms with E-state index in [1.807, 2.05) is 72.3 Å². The van der Waals surface area contributed by atoms with Crippen LogP contribution in [0.4, 0.5) is 0 Å². The van der Waals surface area contributed by atoms with Gasteiger partial charge in [-0.2, -0.15) is 0 Å². The third-order valence-electron chi connectivity index (χ3n) is 6.50. The third-order valence-corrected chi connectivity index (χ3v) is 9.19. The van der Waals surface area contributed by atoms with Gasteiger partial charge in [-0.3, -0.25) is 4.57 Å². The Hall–Kier alpha value is -2.09. The maximum atomic E-state index is 14.5. The monoisotopic (exact) mass is 405 g/mol. The average molecular weight is 405 g/mol. The van der Waals surface area contributed by atoms with Crippen LogP contribution in [0.15, 0.2) is 72.3 Å². The maximum absolute atomic E-state index is 14.5. The van der Waals surface area contributed by atoms with Crippen LogP contribution in [-0.2, 0) is 9.30 Å². The van der Waals surface area contributed by atoms with Crippen LogP contribution < -0.4 is 0 Å². The van der Waals surface area contributed by atoms with Crippen LogP contribution in [0.2, 0.25) is 0 Å². The minimum atomic E-state index is -2.88. The lowest BCUT2D eigenvalue weighted by Crippen LogP contribution is -2.68. The zero-order valence-corrected chi connectivity index (χ0v) is 18.2. The molecule has 0 spiro atoms. The zero-order valence-electron chi connectivity index (χ0n) is 17.3. The van der Waals surface area contributed by atoms with Gasteiger partial charge in [0.1, 0.15) is 11.5 Å². The molecule has 1 saturated carbocycles. The summed E-state index contributed by atoms with van der Waals surface area (Å²) in [5.41, 5.74) is 2.21. The second-order valence-corrected chi connectivity index (χ2v) is 12.0. The largest absolute Gasteiger partial charge is 0.456 e. The molecule has 1 aliphatic carbocycles. The fourth-order valence-electron chi connectivity index (χ4n) is 5.84. The van der Waals surface area contributed by atoms with Crippen molar-refractivity contribution in [1.82, 2.24) is 4.67 Å². The molecule has 0 N–H and O–H groups in total. The Kier molecular flexibility index (Phi) is 4.21. The molecule has 150 valence electrons. The Morgan fingerprint density at radius 2 is 1.38 bits per heavy atom. The molecule has 4 aliphatic rings. The first-order valence-electron chi connectivity index (χ1n) is 10.4. The van der Waals surface area contributed by atoms with Crippen LogP contribution >= 0.6 is 7.29 Å². The van der Waals surface area contributed by atoms with Crippen molar-refractivity contribution in [3.8, 4) is 0 Å². The highest BCUT2D eigenvalue weighted by Gasteiger charge is 2.61. The van der Waals surface area contributed by atoms with E-state index in [4.69, 9.17) is 4.74 Å². The fourth-order valence-corrected chi connectivity index (χ4v) is 8.82. The quantitative estimate of drug-likeness (QED) is 0.518. The first-order chi connectivity index (χ1) is 13.8. The Labute approximate surface area is 173 Å². The molecule has 3 nitrogen and oxygen atoms in total. The maximum Gasteiger partial charge on any atom is 0.201 e. The topological polar surface area (TPSA) is 29.5 Å². The van der Waals surface area contributed by atoms with Crippen molar-refractivity contribution in [2.45, 2.75) is 51.6 Å². The van der Waals surface area contributed by atoms with Crippen molar-refractivity contribution in [2.24, 2.45) is 5.41 Å². The van der Waals surface area contributed by atoms with E-state index in [9.17, 15) is 4.57 Å². The van der Waals surface area contributed by atoms with Crippen molar-refractivity contribution >= 4 is 18.8 Å². The number of benzene rings is 2. The lowest BCUT2D eigenvalue weighted by molar-refractivity contribution is -0.0839. The average Bonchev–Trinajstić information content (AvgIpc) is 2.66. The molecule has 2 bridgehead atoms.